The van der Waals surface area contributed by atoms with Crippen LogP contribution in [-0.2, 0) is 22.8 Å². The standard InChI is InChI=1S/C23H18FN3O2S/c24-18-9-11-19(12-10-18)30(28,29)23-22(25-20-7-3-4-8-21(20)26-23)27-14-13-16-5-1-2-6-17(16)15-27/h1-12H,13-15H2. The average molecular weight is 419 g/mol. The number of sulfone groups is 1. The van der Waals surface area contributed by atoms with Gasteiger partial charge in [0.15, 0.2) is 5.82 Å². The van der Waals surface area contributed by atoms with Crippen LogP contribution in [0.25, 0.3) is 11.0 Å². The van der Waals surface area contributed by atoms with Crippen LogP contribution in [0.15, 0.2) is 82.7 Å². The highest BCUT2D eigenvalue weighted by Crippen LogP contribution is 2.32. The molecule has 1 aromatic heterocycles. The summed E-state index contributed by atoms with van der Waals surface area (Å²) in [5.41, 5.74) is 3.53. The second-order valence-corrected chi connectivity index (χ2v) is 9.10. The molecule has 0 amide bonds. The molecule has 0 atom stereocenters. The molecule has 0 saturated carbocycles. The first kappa shape index (κ1) is 18.7. The minimum absolute atomic E-state index is 0.00728. The van der Waals surface area contributed by atoms with Gasteiger partial charge >= 0.3 is 0 Å². The number of hydrogen-bond donors (Lipinski definition) is 0. The van der Waals surface area contributed by atoms with E-state index in [1.54, 1.807) is 12.1 Å². The maximum absolute atomic E-state index is 13.4. The molecule has 1 aliphatic heterocycles. The second kappa shape index (κ2) is 7.18. The molecule has 5 nitrogen and oxygen atoms in total. The first-order chi connectivity index (χ1) is 14.5. The Morgan fingerprint density at radius 2 is 1.43 bits per heavy atom. The SMILES string of the molecule is O=S(=O)(c1ccc(F)cc1)c1nc2ccccc2nc1N1CCc2ccccc2C1. The molecule has 4 aromatic rings. The predicted molar refractivity (Wildman–Crippen MR) is 113 cm³/mol. The zero-order valence-electron chi connectivity index (χ0n) is 16.0. The van der Waals surface area contributed by atoms with Gasteiger partial charge in [-0.25, -0.2) is 22.8 Å². The fourth-order valence-electron chi connectivity index (χ4n) is 3.76. The molecular formula is C23H18FN3O2S. The van der Waals surface area contributed by atoms with Crippen LogP contribution in [0, 0.1) is 5.82 Å². The molecule has 3 aromatic carbocycles. The molecule has 0 radical (unpaired) electrons. The lowest BCUT2D eigenvalue weighted by Gasteiger charge is -2.30. The number of fused-ring (bicyclic) bond motifs is 2. The van der Waals surface area contributed by atoms with Crippen molar-refractivity contribution in [2.45, 2.75) is 22.9 Å². The zero-order chi connectivity index (χ0) is 20.7. The molecule has 1 aliphatic rings. The number of halogens is 1. The molecule has 30 heavy (non-hydrogen) atoms. The van der Waals surface area contributed by atoms with Gasteiger partial charge in [0.1, 0.15) is 5.82 Å². The Morgan fingerprint density at radius 3 is 2.17 bits per heavy atom. The van der Waals surface area contributed by atoms with E-state index in [0.29, 0.717) is 29.9 Å². The Balaban J connectivity index is 1.69. The van der Waals surface area contributed by atoms with Crippen LogP contribution in [0.2, 0.25) is 0 Å². The van der Waals surface area contributed by atoms with Crippen molar-refractivity contribution < 1.29 is 12.8 Å². The largest absolute Gasteiger partial charge is 0.350 e. The first-order valence-electron chi connectivity index (χ1n) is 9.61. The summed E-state index contributed by atoms with van der Waals surface area (Å²) in [7, 11) is -3.99. The summed E-state index contributed by atoms with van der Waals surface area (Å²) in [4.78, 5) is 11.1. The molecule has 0 saturated heterocycles. The Bertz CT molecular complexity index is 1350. The molecular weight excluding hydrogens is 401 g/mol. The monoisotopic (exact) mass is 419 g/mol. The maximum atomic E-state index is 13.4. The summed E-state index contributed by atoms with van der Waals surface area (Å²) in [5, 5.41) is -0.104. The van der Waals surface area contributed by atoms with E-state index in [-0.39, 0.29) is 9.92 Å². The maximum Gasteiger partial charge on any atom is 0.227 e. The van der Waals surface area contributed by atoms with Crippen LogP contribution in [-0.4, -0.2) is 24.9 Å². The first-order valence-corrected chi connectivity index (χ1v) is 11.1. The van der Waals surface area contributed by atoms with Crippen LogP contribution >= 0.6 is 0 Å². The Labute approximate surface area is 173 Å². The molecule has 0 unspecified atom stereocenters. The molecule has 0 fully saturated rings. The lowest BCUT2D eigenvalue weighted by Crippen LogP contribution is -2.32. The van der Waals surface area contributed by atoms with Gasteiger partial charge in [-0.1, -0.05) is 36.4 Å². The van der Waals surface area contributed by atoms with Crippen LogP contribution in [0.4, 0.5) is 10.2 Å². The van der Waals surface area contributed by atoms with Crippen LogP contribution in [0.3, 0.4) is 0 Å². The van der Waals surface area contributed by atoms with Crippen molar-refractivity contribution in [3.05, 3.63) is 89.7 Å². The summed E-state index contributed by atoms with van der Waals surface area (Å²) in [5.74, 6) is -0.168. The number of hydrogen-bond acceptors (Lipinski definition) is 5. The molecule has 5 rings (SSSR count). The third-order valence-electron chi connectivity index (χ3n) is 5.33. The summed E-state index contributed by atoms with van der Waals surface area (Å²) in [6, 6.07) is 20.1. The van der Waals surface area contributed by atoms with Gasteiger partial charge in [-0.2, -0.15) is 0 Å². The van der Waals surface area contributed by atoms with Crippen molar-refractivity contribution in [1.29, 1.82) is 0 Å². The van der Waals surface area contributed by atoms with Gasteiger partial charge < -0.3 is 4.90 Å². The van der Waals surface area contributed by atoms with E-state index in [2.05, 4.69) is 11.1 Å². The Kier molecular flexibility index (Phi) is 4.47. The molecule has 0 N–H and O–H groups in total. The fraction of sp³-hybridized carbons (Fsp3) is 0.130. The summed E-state index contributed by atoms with van der Waals surface area (Å²) in [6.45, 7) is 1.19. The van der Waals surface area contributed by atoms with E-state index in [1.807, 2.05) is 35.2 Å². The molecule has 0 spiro atoms. The van der Waals surface area contributed by atoms with Gasteiger partial charge in [0.25, 0.3) is 0 Å². The molecule has 2 heterocycles. The molecule has 150 valence electrons. The number of nitrogens with zero attached hydrogens (tertiary/aromatic N) is 3. The van der Waals surface area contributed by atoms with Crippen molar-refractivity contribution in [2.24, 2.45) is 0 Å². The van der Waals surface area contributed by atoms with Crippen molar-refractivity contribution >= 4 is 26.7 Å². The van der Waals surface area contributed by atoms with Crippen molar-refractivity contribution in [3.63, 3.8) is 0 Å². The molecule has 0 aliphatic carbocycles. The number of benzene rings is 3. The molecule has 7 heteroatoms. The normalized spacial score (nSPS) is 14.0. The Morgan fingerprint density at radius 1 is 0.800 bits per heavy atom. The summed E-state index contributed by atoms with van der Waals surface area (Å²) < 4.78 is 40.3. The van der Waals surface area contributed by atoms with Crippen molar-refractivity contribution in [2.75, 3.05) is 11.4 Å². The van der Waals surface area contributed by atoms with Crippen LogP contribution in [0.5, 0.6) is 0 Å². The van der Waals surface area contributed by atoms with E-state index in [1.165, 1.54) is 17.7 Å². The smallest absolute Gasteiger partial charge is 0.227 e. The minimum atomic E-state index is -3.99. The van der Waals surface area contributed by atoms with Gasteiger partial charge in [0, 0.05) is 13.1 Å². The third kappa shape index (κ3) is 3.21. The van der Waals surface area contributed by atoms with Crippen molar-refractivity contribution in [3.8, 4) is 0 Å². The average Bonchev–Trinajstić information content (AvgIpc) is 2.78. The summed E-state index contributed by atoms with van der Waals surface area (Å²) >= 11 is 0. The van der Waals surface area contributed by atoms with E-state index in [4.69, 9.17) is 4.98 Å². The lowest BCUT2D eigenvalue weighted by atomic mass is 10.00. The zero-order valence-corrected chi connectivity index (χ0v) is 16.8. The van der Waals surface area contributed by atoms with E-state index in [0.717, 1.165) is 24.1 Å². The highest BCUT2D eigenvalue weighted by Gasteiger charge is 2.29. The molecule has 0 bridgehead atoms. The number of rotatable bonds is 3. The second-order valence-electron chi connectivity index (χ2n) is 7.24. The number of para-hydroxylation sites is 2. The van der Waals surface area contributed by atoms with E-state index >= 15 is 0 Å². The van der Waals surface area contributed by atoms with Gasteiger partial charge in [-0.3, -0.25) is 0 Å². The van der Waals surface area contributed by atoms with E-state index in [9.17, 15) is 12.8 Å². The van der Waals surface area contributed by atoms with Crippen LogP contribution in [0.1, 0.15) is 11.1 Å². The predicted octanol–water partition coefficient (Wildman–Crippen LogP) is 4.16. The number of anilines is 1. The van der Waals surface area contributed by atoms with Crippen molar-refractivity contribution in [1.82, 2.24) is 9.97 Å². The highest BCUT2D eigenvalue weighted by molar-refractivity contribution is 7.91. The summed E-state index contributed by atoms with van der Waals surface area (Å²) in [6.07, 6.45) is 0.792. The highest BCUT2D eigenvalue weighted by atomic mass is 32.2. The van der Waals surface area contributed by atoms with E-state index < -0.39 is 15.7 Å². The minimum Gasteiger partial charge on any atom is -0.350 e. The van der Waals surface area contributed by atoms with Gasteiger partial charge in [-0.05, 0) is 53.9 Å². The quantitative estimate of drug-likeness (QED) is 0.467. The lowest BCUT2D eigenvalue weighted by molar-refractivity contribution is 0.589. The van der Waals surface area contributed by atoms with Gasteiger partial charge in [-0.15, -0.1) is 0 Å². The Hall–Kier alpha value is -3.32. The fourth-order valence-corrected chi connectivity index (χ4v) is 5.11. The van der Waals surface area contributed by atoms with Gasteiger partial charge in [0.2, 0.25) is 14.9 Å². The third-order valence-corrected chi connectivity index (χ3v) is 7.01. The van der Waals surface area contributed by atoms with Crippen LogP contribution < -0.4 is 4.90 Å². The number of aromatic nitrogens is 2. The topological polar surface area (TPSA) is 63.2 Å². The van der Waals surface area contributed by atoms with Gasteiger partial charge in [0.05, 0.1) is 15.9 Å².